The highest BCUT2D eigenvalue weighted by atomic mass is 16.7. The molecular weight excluding hydrogens is 410 g/mol. The van der Waals surface area contributed by atoms with E-state index >= 15 is 0 Å². The molecule has 172 valence electrons. The first kappa shape index (κ1) is 25.9. The molecule has 3 atom stereocenters. The Kier molecular flexibility index (Phi) is 10.5. The molecule has 0 fully saturated rings. The van der Waals surface area contributed by atoms with Crippen molar-refractivity contribution in [1.82, 2.24) is 0 Å². The Labute approximate surface area is 180 Å². The highest BCUT2D eigenvalue weighted by Gasteiger charge is 2.32. The van der Waals surface area contributed by atoms with Crippen LogP contribution in [0.5, 0.6) is 11.5 Å². The van der Waals surface area contributed by atoms with Crippen LogP contribution in [0.25, 0.3) is 0 Å². The van der Waals surface area contributed by atoms with E-state index in [4.69, 9.17) is 24.7 Å². The van der Waals surface area contributed by atoms with Gasteiger partial charge in [-0.1, -0.05) is 26.3 Å². The number of carbonyl (C=O) groups excluding carboxylic acids is 3. The number of carboxylic acid groups (broad SMARTS) is 1. The Morgan fingerprint density at radius 3 is 2.19 bits per heavy atom. The summed E-state index contributed by atoms with van der Waals surface area (Å²) in [6, 6.07) is 2.92. The molecule has 1 aromatic rings. The van der Waals surface area contributed by atoms with Gasteiger partial charge in [0, 0.05) is 19.8 Å². The molecule has 31 heavy (non-hydrogen) atoms. The third-order valence-electron chi connectivity index (χ3n) is 4.33. The van der Waals surface area contributed by atoms with Gasteiger partial charge in [0.25, 0.3) is 0 Å². The second-order valence-corrected chi connectivity index (χ2v) is 7.02. The average Bonchev–Trinajstić information content (AvgIpc) is 2.67. The zero-order chi connectivity index (χ0) is 23.6. The van der Waals surface area contributed by atoms with E-state index in [9.17, 15) is 24.3 Å². The number of hydrogen-bond donors (Lipinski definition) is 2. The van der Waals surface area contributed by atoms with Gasteiger partial charge < -0.3 is 29.8 Å². The molecule has 0 aliphatic heterocycles. The maximum absolute atomic E-state index is 11.7. The minimum Gasteiger partial charge on any atom is -0.480 e. The summed E-state index contributed by atoms with van der Waals surface area (Å²) >= 11 is 0. The standard InChI is InChI=1S/C21H29NO9/c1-5-6-9-28-21(27)29-11-12(2)18(19(22)20(25)26)15-7-8-16(30-13(3)23)17(10-15)31-14(4)24/h7-8,10,12,18-19H,5-6,9,11,22H2,1-4H3,(H,25,26)/t12?,18?,19-/m0/s1. The lowest BCUT2D eigenvalue weighted by molar-refractivity contribution is -0.139. The van der Waals surface area contributed by atoms with Crippen LogP contribution in [0.2, 0.25) is 0 Å². The Morgan fingerprint density at radius 2 is 1.65 bits per heavy atom. The first-order chi connectivity index (χ1) is 14.6. The Balaban J connectivity index is 3.14. The maximum Gasteiger partial charge on any atom is 0.508 e. The number of carboxylic acids is 1. The molecule has 0 aliphatic rings. The van der Waals surface area contributed by atoms with Crippen LogP contribution in [0.4, 0.5) is 4.79 Å². The van der Waals surface area contributed by atoms with Crippen molar-refractivity contribution in [3.8, 4) is 11.5 Å². The molecule has 0 spiro atoms. The fraction of sp³-hybridized carbons (Fsp3) is 0.524. The van der Waals surface area contributed by atoms with E-state index in [-0.39, 0.29) is 24.7 Å². The lowest BCUT2D eigenvalue weighted by Crippen LogP contribution is -2.40. The molecule has 0 heterocycles. The van der Waals surface area contributed by atoms with E-state index in [1.807, 2.05) is 6.92 Å². The number of unbranched alkanes of at least 4 members (excludes halogenated alkanes) is 1. The lowest BCUT2D eigenvalue weighted by atomic mass is 9.82. The topological polar surface area (TPSA) is 151 Å². The predicted molar refractivity (Wildman–Crippen MR) is 109 cm³/mol. The van der Waals surface area contributed by atoms with Crippen molar-refractivity contribution in [2.45, 2.75) is 52.5 Å². The number of rotatable bonds is 11. The fourth-order valence-electron chi connectivity index (χ4n) is 2.89. The predicted octanol–water partition coefficient (Wildman–Crippen LogP) is 2.62. The van der Waals surface area contributed by atoms with Gasteiger partial charge in [-0.25, -0.2) is 4.79 Å². The van der Waals surface area contributed by atoms with Gasteiger partial charge in [0.05, 0.1) is 13.2 Å². The third-order valence-corrected chi connectivity index (χ3v) is 4.33. The normalized spacial score (nSPS) is 13.5. The van der Waals surface area contributed by atoms with Crippen LogP contribution in [0.1, 0.15) is 52.0 Å². The van der Waals surface area contributed by atoms with Crippen molar-refractivity contribution in [3.05, 3.63) is 23.8 Å². The van der Waals surface area contributed by atoms with Crippen LogP contribution in [-0.2, 0) is 23.9 Å². The zero-order valence-electron chi connectivity index (χ0n) is 18.1. The molecule has 2 unspecified atom stereocenters. The van der Waals surface area contributed by atoms with E-state index in [0.717, 1.165) is 6.42 Å². The van der Waals surface area contributed by atoms with Gasteiger partial charge >= 0.3 is 24.1 Å². The first-order valence-corrected chi connectivity index (χ1v) is 9.85. The summed E-state index contributed by atoms with van der Waals surface area (Å²) in [5, 5.41) is 9.46. The van der Waals surface area contributed by atoms with Gasteiger partial charge in [-0.15, -0.1) is 0 Å². The van der Waals surface area contributed by atoms with Crippen molar-refractivity contribution in [3.63, 3.8) is 0 Å². The summed E-state index contributed by atoms with van der Waals surface area (Å²) in [5.74, 6) is -3.96. The number of ether oxygens (including phenoxy) is 4. The van der Waals surface area contributed by atoms with Crippen molar-refractivity contribution in [1.29, 1.82) is 0 Å². The van der Waals surface area contributed by atoms with Gasteiger partial charge in [-0.05, 0) is 30.0 Å². The Hall–Kier alpha value is -3.14. The molecule has 0 aliphatic carbocycles. The zero-order valence-corrected chi connectivity index (χ0v) is 18.1. The number of carbonyl (C=O) groups is 4. The van der Waals surface area contributed by atoms with Crippen molar-refractivity contribution in [2.75, 3.05) is 13.2 Å². The monoisotopic (exact) mass is 439 g/mol. The van der Waals surface area contributed by atoms with E-state index in [1.165, 1.54) is 32.0 Å². The van der Waals surface area contributed by atoms with Crippen LogP contribution in [0.3, 0.4) is 0 Å². The quantitative estimate of drug-likeness (QED) is 0.299. The minimum absolute atomic E-state index is 0.00231. The molecule has 0 bridgehead atoms. The molecule has 0 saturated carbocycles. The van der Waals surface area contributed by atoms with Crippen LogP contribution in [0.15, 0.2) is 18.2 Å². The summed E-state index contributed by atoms with van der Waals surface area (Å²) in [6.45, 7) is 6.05. The average molecular weight is 439 g/mol. The minimum atomic E-state index is -1.35. The van der Waals surface area contributed by atoms with E-state index in [1.54, 1.807) is 6.92 Å². The number of hydrogen-bond acceptors (Lipinski definition) is 9. The molecule has 10 heteroatoms. The van der Waals surface area contributed by atoms with Gasteiger partial charge in [-0.2, -0.15) is 0 Å². The molecule has 1 rings (SSSR count). The largest absolute Gasteiger partial charge is 0.508 e. The summed E-state index contributed by atoms with van der Waals surface area (Å²) in [7, 11) is 0. The van der Waals surface area contributed by atoms with Crippen LogP contribution >= 0.6 is 0 Å². The number of esters is 2. The summed E-state index contributed by atoms with van der Waals surface area (Å²) in [6.07, 6.45) is 0.701. The molecular formula is C21H29NO9. The molecule has 0 amide bonds. The molecule has 10 nitrogen and oxygen atoms in total. The number of benzene rings is 1. The van der Waals surface area contributed by atoms with E-state index in [0.29, 0.717) is 12.0 Å². The van der Waals surface area contributed by atoms with Gasteiger partial charge in [-0.3, -0.25) is 14.4 Å². The Bertz CT molecular complexity index is 793. The van der Waals surface area contributed by atoms with Crippen LogP contribution < -0.4 is 15.2 Å². The molecule has 0 radical (unpaired) electrons. The van der Waals surface area contributed by atoms with Crippen LogP contribution in [-0.4, -0.2) is 48.4 Å². The Morgan fingerprint density at radius 1 is 1.03 bits per heavy atom. The smallest absolute Gasteiger partial charge is 0.480 e. The van der Waals surface area contributed by atoms with E-state index in [2.05, 4.69) is 0 Å². The van der Waals surface area contributed by atoms with Crippen molar-refractivity contribution in [2.24, 2.45) is 11.7 Å². The third kappa shape index (κ3) is 8.63. The molecule has 0 aromatic heterocycles. The first-order valence-electron chi connectivity index (χ1n) is 9.85. The van der Waals surface area contributed by atoms with Gasteiger partial charge in [0.1, 0.15) is 6.04 Å². The van der Waals surface area contributed by atoms with Crippen molar-refractivity contribution >= 4 is 24.1 Å². The molecule has 1 aromatic carbocycles. The summed E-state index contributed by atoms with van der Waals surface area (Å²) in [5.41, 5.74) is 6.30. The SMILES string of the molecule is CCCCOC(=O)OCC(C)C(c1ccc(OC(C)=O)c(OC(C)=O)c1)[C@H](N)C(=O)O. The second kappa shape index (κ2) is 12.5. The maximum atomic E-state index is 11.7. The summed E-state index contributed by atoms with van der Waals surface area (Å²) in [4.78, 5) is 46.0. The van der Waals surface area contributed by atoms with Crippen molar-refractivity contribution < 1.29 is 43.2 Å². The highest BCUT2D eigenvalue weighted by Crippen LogP contribution is 2.35. The molecule has 3 N–H and O–H groups in total. The highest BCUT2D eigenvalue weighted by molar-refractivity contribution is 5.76. The van der Waals surface area contributed by atoms with E-state index < -0.39 is 41.9 Å². The molecule has 0 saturated heterocycles. The van der Waals surface area contributed by atoms with Gasteiger partial charge in [0.15, 0.2) is 11.5 Å². The number of nitrogens with two attached hydrogens (primary N) is 1. The van der Waals surface area contributed by atoms with Crippen LogP contribution in [0, 0.1) is 5.92 Å². The second-order valence-electron chi connectivity index (χ2n) is 7.02. The fourth-order valence-corrected chi connectivity index (χ4v) is 2.89. The summed E-state index contributed by atoms with van der Waals surface area (Å²) < 4.78 is 20.1. The van der Waals surface area contributed by atoms with Gasteiger partial charge in [0.2, 0.25) is 0 Å². The number of aliphatic carboxylic acids is 1. The lowest BCUT2D eigenvalue weighted by Gasteiger charge is -2.27.